The van der Waals surface area contributed by atoms with Gasteiger partial charge in [-0.1, -0.05) is 6.92 Å². The van der Waals surface area contributed by atoms with Crippen molar-refractivity contribution in [1.82, 2.24) is 5.32 Å². The summed E-state index contributed by atoms with van der Waals surface area (Å²) >= 11 is 0. The predicted octanol–water partition coefficient (Wildman–Crippen LogP) is 1.18. The van der Waals surface area contributed by atoms with Gasteiger partial charge in [0.25, 0.3) is 5.92 Å². The summed E-state index contributed by atoms with van der Waals surface area (Å²) in [7, 11) is 0. The second-order valence-corrected chi connectivity index (χ2v) is 2.73. The lowest BCUT2D eigenvalue weighted by Crippen LogP contribution is -2.34. The molecule has 3 nitrogen and oxygen atoms in total. The fourth-order valence-corrected chi connectivity index (χ4v) is 0.663. The number of hydrogen-bond donors (Lipinski definition) is 1. The first-order chi connectivity index (χ1) is 5.98. The average molecular weight is 195 g/mol. The quantitative estimate of drug-likeness (QED) is 0.511. The van der Waals surface area contributed by atoms with Crippen LogP contribution in [0.4, 0.5) is 8.78 Å². The van der Waals surface area contributed by atoms with Crippen LogP contribution in [0, 0.1) is 0 Å². The van der Waals surface area contributed by atoms with Crippen LogP contribution in [0.15, 0.2) is 0 Å². The number of nitrogens with one attached hydrogen (secondary N) is 1. The number of halogens is 2. The highest BCUT2D eigenvalue weighted by molar-refractivity contribution is 5.65. The number of carbonyl (C=O) groups excluding carboxylic acids is 1. The van der Waals surface area contributed by atoms with Crippen LogP contribution in [-0.2, 0) is 9.53 Å². The van der Waals surface area contributed by atoms with Gasteiger partial charge < -0.3 is 10.1 Å². The first-order valence-electron chi connectivity index (χ1n) is 4.20. The third-order valence-electron chi connectivity index (χ3n) is 1.49. The van der Waals surface area contributed by atoms with Crippen LogP contribution < -0.4 is 5.32 Å². The summed E-state index contributed by atoms with van der Waals surface area (Å²) in [6.07, 6.45) is -0.187. The van der Waals surface area contributed by atoms with Gasteiger partial charge in [0.05, 0.1) is 6.54 Å². The molecule has 0 aromatic heterocycles. The van der Waals surface area contributed by atoms with Crippen LogP contribution >= 0.6 is 0 Å². The third kappa shape index (κ3) is 7.64. The van der Waals surface area contributed by atoms with Crippen molar-refractivity contribution in [2.75, 3.05) is 19.7 Å². The first kappa shape index (κ1) is 12.3. The molecule has 0 aliphatic rings. The molecule has 0 aromatic rings. The second-order valence-electron chi connectivity index (χ2n) is 2.73. The van der Waals surface area contributed by atoms with E-state index in [-0.39, 0.29) is 26.1 Å². The Kier molecular flexibility index (Phi) is 5.53. The van der Waals surface area contributed by atoms with Crippen molar-refractivity contribution in [2.24, 2.45) is 0 Å². The maximum atomic E-state index is 12.6. The Morgan fingerprint density at radius 1 is 1.54 bits per heavy atom. The van der Waals surface area contributed by atoms with E-state index >= 15 is 0 Å². The molecule has 0 saturated heterocycles. The number of rotatable bonds is 6. The summed E-state index contributed by atoms with van der Waals surface area (Å²) in [6, 6.07) is 0. The average Bonchev–Trinajstić information content (AvgIpc) is 2.03. The van der Waals surface area contributed by atoms with Crippen LogP contribution in [0.25, 0.3) is 0 Å². The summed E-state index contributed by atoms with van der Waals surface area (Å²) in [6.45, 7) is 2.73. The standard InChI is InChI=1S/C8H15F2NO2/c1-3-8(9,10)6-11-4-5-13-7(2)12/h11H,3-6H2,1-2H3. The van der Waals surface area contributed by atoms with Gasteiger partial charge >= 0.3 is 5.97 Å². The second kappa shape index (κ2) is 5.85. The lowest BCUT2D eigenvalue weighted by molar-refractivity contribution is -0.140. The molecule has 78 valence electrons. The molecule has 0 amide bonds. The van der Waals surface area contributed by atoms with Gasteiger partial charge in [0.2, 0.25) is 0 Å². The van der Waals surface area contributed by atoms with Crippen LogP contribution in [0.5, 0.6) is 0 Å². The molecule has 1 N–H and O–H groups in total. The molecule has 0 atom stereocenters. The smallest absolute Gasteiger partial charge is 0.302 e. The minimum atomic E-state index is -2.67. The van der Waals surface area contributed by atoms with Crippen molar-refractivity contribution >= 4 is 5.97 Å². The molecule has 0 spiro atoms. The Labute approximate surface area is 76.4 Å². The summed E-state index contributed by atoms with van der Waals surface area (Å²) < 4.78 is 29.7. The molecular formula is C8H15F2NO2. The topological polar surface area (TPSA) is 38.3 Å². The van der Waals surface area contributed by atoms with Crippen molar-refractivity contribution in [2.45, 2.75) is 26.2 Å². The van der Waals surface area contributed by atoms with Gasteiger partial charge in [0, 0.05) is 19.9 Å². The molecule has 13 heavy (non-hydrogen) atoms. The zero-order valence-electron chi connectivity index (χ0n) is 7.90. The molecule has 0 aromatic carbocycles. The van der Waals surface area contributed by atoms with Crippen LogP contribution in [0.3, 0.4) is 0 Å². The summed E-state index contributed by atoms with van der Waals surface area (Å²) in [4.78, 5) is 10.3. The molecule has 0 aliphatic heterocycles. The summed E-state index contributed by atoms with van der Waals surface area (Å²) in [5.74, 6) is -3.07. The van der Waals surface area contributed by atoms with E-state index in [9.17, 15) is 13.6 Å². The third-order valence-corrected chi connectivity index (χ3v) is 1.49. The van der Waals surface area contributed by atoms with Crippen LogP contribution in [0.2, 0.25) is 0 Å². The number of hydrogen-bond acceptors (Lipinski definition) is 3. The van der Waals surface area contributed by atoms with Crippen LogP contribution in [-0.4, -0.2) is 31.6 Å². The lowest BCUT2D eigenvalue weighted by atomic mass is 10.2. The fourth-order valence-electron chi connectivity index (χ4n) is 0.663. The van der Waals surface area contributed by atoms with Gasteiger partial charge in [-0.05, 0) is 0 Å². The maximum absolute atomic E-state index is 12.6. The zero-order valence-corrected chi connectivity index (χ0v) is 7.90. The van der Waals surface area contributed by atoms with Gasteiger partial charge in [0.1, 0.15) is 6.61 Å². The molecule has 0 rings (SSSR count). The highest BCUT2D eigenvalue weighted by Gasteiger charge is 2.24. The van der Waals surface area contributed by atoms with Gasteiger partial charge in [-0.25, -0.2) is 8.78 Å². The Balaban J connectivity index is 3.30. The fraction of sp³-hybridized carbons (Fsp3) is 0.875. The zero-order chi connectivity index (χ0) is 10.3. The normalized spacial score (nSPS) is 11.4. The molecular weight excluding hydrogens is 180 g/mol. The summed E-state index contributed by atoms with van der Waals surface area (Å²) in [5.41, 5.74) is 0. The van der Waals surface area contributed by atoms with Gasteiger partial charge in [-0.2, -0.15) is 0 Å². The monoisotopic (exact) mass is 195 g/mol. The Morgan fingerprint density at radius 2 is 2.15 bits per heavy atom. The maximum Gasteiger partial charge on any atom is 0.302 e. The van der Waals surface area contributed by atoms with Crippen molar-refractivity contribution < 1.29 is 18.3 Å². The predicted molar refractivity (Wildman–Crippen MR) is 44.7 cm³/mol. The van der Waals surface area contributed by atoms with Crippen molar-refractivity contribution in [3.8, 4) is 0 Å². The Hall–Kier alpha value is -0.710. The molecule has 0 aliphatic carbocycles. The Bertz CT molecular complexity index is 162. The van der Waals surface area contributed by atoms with E-state index in [4.69, 9.17) is 0 Å². The van der Waals surface area contributed by atoms with E-state index < -0.39 is 11.9 Å². The van der Waals surface area contributed by atoms with E-state index in [1.165, 1.54) is 13.8 Å². The SMILES string of the molecule is CCC(F)(F)CNCCOC(C)=O. The molecule has 0 fully saturated rings. The number of ether oxygens (including phenoxy) is 1. The van der Waals surface area contributed by atoms with Gasteiger partial charge in [-0.15, -0.1) is 0 Å². The molecule has 0 radical (unpaired) electrons. The van der Waals surface area contributed by atoms with Crippen molar-refractivity contribution in [3.05, 3.63) is 0 Å². The van der Waals surface area contributed by atoms with Gasteiger partial charge in [-0.3, -0.25) is 4.79 Å². The van der Waals surface area contributed by atoms with E-state index in [0.29, 0.717) is 0 Å². The highest BCUT2D eigenvalue weighted by Crippen LogP contribution is 2.15. The summed E-state index contributed by atoms with van der Waals surface area (Å²) in [5, 5.41) is 2.50. The largest absolute Gasteiger partial charge is 0.465 e. The van der Waals surface area contributed by atoms with E-state index in [1.807, 2.05) is 0 Å². The van der Waals surface area contributed by atoms with E-state index in [2.05, 4.69) is 10.1 Å². The molecule has 0 saturated carbocycles. The van der Waals surface area contributed by atoms with E-state index in [0.717, 1.165) is 0 Å². The number of alkyl halides is 2. The lowest BCUT2D eigenvalue weighted by Gasteiger charge is -2.14. The molecule has 5 heteroatoms. The number of carbonyl (C=O) groups is 1. The first-order valence-corrected chi connectivity index (χ1v) is 4.20. The molecule has 0 heterocycles. The van der Waals surface area contributed by atoms with Crippen molar-refractivity contribution in [1.29, 1.82) is 0 Å². The molecule has 0 unspecified atom stereocenters. The van der Waals surface area contributed by atoms with Gasteiger partial charge in [0.15, 0.2) is 0 Å². The highest BCUT2D eigenvalue weighted by atomic mass is 19.3. The molecule has 0 bridgehead atoms. The minimum absolute atomic E-state index is 0.134. The van der Waals surface area contributed by atoms with Crippen LogP contribution in [0.1, 0.15) is 20.3 Å². The van der Waals surface area contributed by atoms with E-state index in [1.54, 1.807) is 0 Å². The minimum Gasteiger partial charge on any atom is -0.465 e. The Morgan fingerprint density at radius 3 is 2.62 bits per heavy atom. The number of esters is 1. The van der Waals surface area contributed by atoms with Crippen molar-refractivity contribution in [3.63, 3.8) is 0 Å².